The first-order valence-corrected chi connectivity index (χ1v) is 7.67. The Labute approximate surface area is 123 Å². The van der Waals surface area contributed by atoms with E-state index in [9.17, 15) is 5.11 Å². The second-order valence-corrected chi connectivity index (χ2v) is 6.83. The zero-order valence-corrected chi connectivity index (χ0v) is 13.0. The summed E-state index contributed by atoms with van der Waals surface area (Å²) < 4.78 is 0. The first kappa shape index (κ1) is 15.3. The molecule has 1 N–H and O–H groups in total. The van der Waals surface area contributed by atoms with E-state index in [2.05, 4.69) is 60.9 Å². The molecule has 1 atom stereocenters. The van der Waals surface area contributed by atoms with Gasteiger partial charge < -0.3 is 10.0 Å². The lowest BCUT2D eigenvalue weighted by Crippen LogP contribution is -2.47. The number of piperazine rings is 1. The molecule has 1 aromatic rings. The lowest BCUT2D eigenvalue weighted by Gasteiger charge is -2.37. The molecule has 1 aliphatic rings. The molecule has 0 saturated carbocycles. The topological polar surface area (TPSA) is 26.7 Å². The predicted octanol–water partition coefficient (Wildman–Crippen LogP) is 2.61. The number of benzene rings is 1. The van der Waals surface area contributed by atoms with E-state index in [-0.39, 0.29) is 11.5 Å². The van der Waals surface area contributed by atoms with Gasteiger partial charge >= 0.3 is 0 Å². The Morgan fingerprint density at radius 3 is 2.20 bits per heavy atom. The van der Waals surface area contributed by atoms with Crippen molar-refractivity contribution in [2.24, 2.45) is 5.41 Å². The molecule has 0 aromatic heterocycles. The molecule has 0 aliphatic carbocycles. The maximum absolute atomic E-state index is 10.1. The van der Waals surface area contributed by atoms with Crippen molar-refractivity contribution < 1.29 is 5.11 Å². The second-order valence-electron chi connectivity index (χ2n) is 6.83. The normalized spacial score (nSPS) is 19.1. The van der Waals surface area contributed by atoms with Crippen LogP contribution in [0.5, 0.6) is 0 Å². The van der Waals surface area contributed by atoms with Crippen LogP contribution in [0, 0.1) is 5.41 Å². The summed E-state index contributed by atoms with van der Waals surface area (Å²) in [6.07, 6.45) is 0.657. The SMILES string of the molecule is CC(C)(C)C(O)CCN1CCN(c2ccccc2)CC1. The highest BCUT2D eigenvalue weighted by Crippen LogP contribution is 2.22. The number of hydrogen-bond acceptors (Lipinski definition) is 3. The van der Waals surface area contributed by atoms with Crippen molar-refractivity contribution in [3.63, 3.8) is 0 Å². The van der Waals surface area contributed by atoms with Gasteiger partial charge in [-0.1, -0.05) is 39.0 Å². The van der Waals surface area contributed by atoms with Crippen LogP contribution >= 0.6 is 0 Å². The predicted molar refractivity (Wildman–Crippen MR) is 85.2 cm³/mol. The smallest absolute Gasteiger partial charge is 0.0600 e. The number of para-hydroxylation sites is 1. The van der Waals surface area contributed by atoms with Crippen LogP contribution in [0.2, 0.25) is 0 Å². The highest BCUT2D eigenvalue weighted by Gasteiger charge is 2.23. The zero-order chi connectivity index (χ0) is 14.6. The molecular weight excluding hydrogens is 248 g/mol. The average molecular weight is 276 g/mol. The van der Waals surface area contributed by atoms with E-state index in [1.54, 1.807) is 0 Å². The van der Waals surface area contributed by atoms with E-state index < -0.39 is 0 Å². The van der Waals surface area contributed by atoms with Crippen LogP contribution in [0.3, 0.4) is 0 Å². The molecule has 1 fully saturated rings. The summed E-state index contributed by atoms with van der Waals surface area (Å²) in [5.74, 6) is 0. The maximum atomic E-state index is 10.1. The van der Waals surface area contributed by atoms with Crippen LogP contribution in [0.4, 0.5) is 5.69 Å². The van der Waals surface area contributed by atoms with E-state index in [0.717, 1.165) is 39.1 Å². The van der Waals surface area contributed by atoms with Crippen molar-refractivity contribution in [2.45, 2.75) is 33.3 Å². The van der Waals surface area contributed by atoms with Crippen molar-refractivity contribution in [2.75, 3.05) is 37.6 Å². The minimum Gasteiger partial charge on any atom is -0.393 e. The largest absolute Gasteiger partial charge is 0.393 e. The van der Waals surface area contributed by atoms with Crippen molar-refractivity contribution in [1.29, 1.82) is 0 Å². The summed E-state index contributed by atoms with van der Waals surface area (Å²) in [6.45, 7) is 11.6. The van der Waals surface area contributed by atoms with Crippen LogP contribution in [-0.2, 0) is 0 Å². The standard InChI is InChI=1S/C17H28N2O/c1-17(2,3)16(20)9-10-18-11-13-19(14-12-18)15-7-5-4-6-8-15/h4-8,16,20H,9-14H2,1-3H3. The second kappa shape index (κ2) is 6.59. The van der Waals surface area contributed by atoms with Crippen LogP contribution in [-0.4, -0.2) is 48.8 Å². The van der Waals surface area contributed by atoms with Crippen molar-refractivity contribution in [1.82, 2.24) is 4.90 Å². The number of aliphatic hydroxyl groups excluding tert-OH is 1. The molecule has 0 radical (unpaired) electrons. The molecule has 0 spiro atoms. The molecule has 1 aromatic carbocycles. The minimum atomic E-state index is -0.213. The molecule has 1 unspecified atom stereocenters. The van der Waals surface area contributed by atoms with Gasteiger partial charge in [0, 0.05) is 38.4 Å². The summed E-state index contributed by atoms with van der Waals surface area (Å²) in [5, 5.41) is 10.1. The fourth-order valence-corrected chi connectivity index (χ4v) is 2.61. The first-order chi connectivity index (χ1) is 9.47. The van der Waals surface area contributed by atoms with E-state index in [1.807, 2.05) is 0 Å². The Kier molecular flexibility index (Phi) is 5.06. The Morgan fingerprint density at radius 1 is 1.05 bits per heavy atom. The zero-order valence-electron chi connectivity index (χ0n) is 13.0. The fraction of sp³-hybridized carbons (Fsp3) is 0.647. The third-order valence-corrected chi connectivity index (χ3v) is 4.21. The maximum Gasteiger partial charge on any atom is 0.0600 e. The number of hydrogen-bond donors (Lipinski definition) is 1. The first-order valence-electron chi connectivity index (χ1n) is 7.67. The van der Waals surface area contributed by atoms with Gasteiger partial charge in [0.25, 0.3) is 0 Å². The number of anilines is 1. The van der Waals surface area contributed by atoms with E-state index in [0.29, 0.717) is 0 Å². The Bertz CT molecular complexity index is 391. The van der Waals surface area contributed by atoms with Gasteiger partial charge in [-0.15, -0.1) is 0 Å². The summed E-state index contributed by atoms with van der Waals surface area (Å²) in [4.78, 5) is 4.91. The van der Waals surface area contributed by atoms with Crippen LogP contribution in [0.15, 0.2) is 30.3 Å². The molecule has 20 heavy (non-hydrogen) atoms. The highest BCUT2D eigenvalue weighted by molar-refractivity contribution is 5.46. The quantitative estimate of drug-likeness (QED) is 0.916. The highest BCUT2D eigenvalue weighted by atomic mass is 16.3. The van der Waals surface area contributed by atoms with Gasteiger partial charge in [0.2, 0.25) is 0 Å². The molecule has 2 rings (SSSR count). The van der Waals surface area contributed by atoms with Crippen LogP contribution < -0.4 is 4.90 Å². The van der Waals surface area contributed by atoms with E-state index in [1.165, 1.54) is 5.69 Å². The van der Waals surface area contributed by atoms with Crippen molar-refractivity contribution >= 4 is 5.69 Å². The number of nitrogens with zero attached hydrogens (tertiary/aromatic N) is 2. The monoisotopic (exact) mass is 276 g/mol. The van der Waals surface area contributed by atoms with Gasteiger partial charge in [0.15, 0.2) is 0 Å². The Balaban J connectivity index is 1.75. The molecule has 3 heteroatoms. The van der Waals surface area contributed by atoms with Gasteiger partial charge in [-0.3, -0.25) is 4.90 Å². The van der Waals surface area contributed by atoms with Crippen LogP contribution in [0.25, 0.3) is 0 Å². The molecule has 3 nitrogen and oxygen atoms in total. The Morgan fingerprint density at radius 2 is 1.65 bits per heavy atom. The summed E-state index contributed by atoms with van der Waals surface area (Å²) >= 11 is 0. The molecule has 0 bridgehead atoms. The van der Waals surface area contributed by atoms with E-state index in [4.69, 9.17) is 0 Å². The summed E-state index contributed by atoms with van der Waals surface area (Å²) in [7, 11) is 0. The average Bonchev–Trinajstić information content (AvgIpc) is 2.45. The van der Waals surface area contributed by atoms with Crippen molar-refractivity contribution in [3.8, 4) is 0 Å². The lowest BCUT2D eigenvalue weighted by molar-refractivity contribution is 0.0450. The number of rotatable bonds is 4. The van der Waals surface area contributed by atoms with Gasteiger partial charge in [-0.25, -0.2) is 0 Å². The molecular formula is C17H28N2O. The van der Waals surface area contributed by atoms with Gasteiger partial charge in [-0.2, -0.15) is 0 Å². The Hall–Kier alpha value is -1.06. The molecule has 1 aliphatic heterocycles. The number of aliphatic hydroxyl groups is 1. The third kappa shape index (κ3) is 4.22. The van der Waals surface area contributed by atoms with E-state index >= 15 is 0 Å². The molecule has 112 valence electrons. The fourth-order valence-electron chi connectivity index (χ4n) is 2.61. The van der Waals surface area contributed by atoms with Gasteiger partial charge in [-0.05, 0) is 24.0 Å². The van der Waals surface area contributed by atoms with Crippen LogP contribution in [0.1, 0.15) is 27.2 Å². The van der Waals surface area contributed by atoms with Gasteiger partial charge in [0.05, 0.1) is 6.10 Å². The molecule has 1 heterocycles. The molecule has 1 saturated heterocycles. The van der Waals surface area contributed by atoms with Gasteiger partial charge in [0.1, 0.15) is 0 Å². The summed E-state index contributed by atoms with van der Waals surface area (Å²) in [5.41, 5.74) is 1.31. The summed E-state index contributed by atoms with van der Waals surface area (Å²) in [6, 6.07) is 10.6. The minimum absolute atomic E-state index is 0.00807. The van der Waals surface area contributed by atoms with Crippen molar-refractivity contribution in [3.05, 3.63) is 30.3 Å². The lowest BCUT2D eigenvalue weighted by atomic mass is 9.87. The third-order valence-electron chi connectivity index (χ3n) is 4.21. The molecule has 0 amide bonds.